The molecule has 0 radical (unpaired) electrons. The van der Waals surface area contributed by atoms with Crippen LogP contribution in [0.1, 0.15) is 38.3 Å². The molecular weight excluding hydrogens is 288 g/mol. The fraction of sp³-hybridized carbons (Fsp3) is 0.632. The van der Waals surface area contributed by atoms with Crippen molar-refractivity contribution >= 4 is 5.91 Å². The van der Waals surface area contributed by atoms with Gasteiger partial charge < -0.3 is 15.0 Å². The second-order valence-electron chi connectivity index (χ2n) is 6.24. The minimum atomic E-state index is 0.0628. The van der Waals surface area contributed by atoms with Crippen LogP contribution in [0.5, 0.6) is 5.75 Å². The first-order chi connectivity index (χ1) is 11.2. The van der Waals surface area contributed by atoms with Crippen LogP contribution in [0.2, 0.25) is 0 Å². The van der Waals surface area contributed by atoms with Gasteiger partial charge in [0.25, 0.3) is 0 Å². The second-order valence-corrected chi connectivity index (χ2v) is 6.24. The summed E-state index contributed by atoms with van der Waals surface area (Å²) in [5.74, 6) is 1.32. The van der Waals surface area contributed by atoms with Crippen LogP contribution in [0.3, 0.4) is 0 Å². The summed E-state index contributed by atoms with van der Waals surface area (Å²) in [6.45, 7) is 10.4. The third-order valence-corrected chi connectivity index (χ3v) is 4.53. The lowest BCUT2D eigenvalue weighted by atomic mass is 9.97. The quantitative estimate of drug-likeness (QED) is 0.840. The van der Waals surface area contributed by atoms with Gasteiger partial charge in [-0.2, -0.15) is 0 Å². The van der Waals surface area contributed by atoms with Gasteiger partial charge in [-0.3, -0.25) is 4.79 Å². The molecule has 4 nitrogen and oxygen atoms in total. The van der Waals surface area contributed by atoms with Crippen LogP contribution in [-0.4, -0.2) is 43.6 Å². The van der Waals surface area contributed by atoms with E-state index in [-0.39, 0.29) is 11.8 Å². The largest absolute Gasteiger partial charge is 0.494 e. The van der Waals surface area contributed by atoms with Crippen molar-refractivity contribution in [2.24, 2.45) is 5.92 Å². The van der Waals surface area contributed by atoms with Gasteiger partial charge in [-0.1, -0.05) is 26.0 Å². The van der Waals surface area contributed by atoms with Gasteiger partial charge in [0.15, 0.2) is 0 Å². The van der Waals surface area contributed by atoms with E-state index in [0.29, 0.717) is 6.61 Å². The van der Waals surface area contributed by atoms with Crippen molar-refractivity contribution in [3.05, 3.63) is 29.3 Å². The smallest absolute Gasteiger partial charge is 0.225 e. The molecule has 128 valence electrons. The Morgan fingerprint density at radius 1 is 1.30 bits per heavy atom. The number of ether oxygens (including phenoxy) is 1. The zero-order valence-electron chi connectivity index (χ0n) is 14.7. The maximum atomic E-state index is 12.5. The van der Waals surface area contributed by atoms with E-state index in [1.807, 2.05) is 18.7 Å². The Morgan fingerprint density at radius 3 is 2.70 bits per heavy atom. The molecule has 1 aliphatic rings. The van der Waals surface area contributed by atoms with E-state index in [2.05, 4.69) is 30.4 Å². The van der Waals surface area contributed by atoms with Crippen molar-refractivity contribution in [1.29, 1.82) is 0 Å². The number of nitrogens with one attached hydrogen (secondary N) is 1. The molecule has 1 aromatic rings. The number of piperazine rings is 1. The number of amides is 1. The predicted molar refractivity (Wildman–Crippen MR) is 93.9 cm³/mol. The fourth-order valence-electron chi connectivity index (χ4n) is 3.04. The zero-order chi connectivity index (χ0) is 16.7. The molecule has 1 atom stereocenters. The number of carbonyl (C=O) groups is 1. The summed E-state index contributed by atoms with van der Waals surface area (Å²) in [5, 5.41) is 3.29. The molecule has 0 bridgehead atoms. The number of nitrogens with zero attached hydrogens (tertiary/aromatic N) is 1. The maximum absolute atomic E-state index is 12.5. The number of hydrogen-bond acceptors (Lipinski definition) is 3. The second kappa shape index (κ2) is 8.92. The summed E-state index contributed by atoms with van der Waals surface area (Å²) in [6.07, 6.45) is 2.78. The molecule has 2 rings (SSSR count). The Kier molecular flexibility index (Phi) is 6.90. The lowest BCUT2D eigenvalue weighted by Gasteiger charge is -2.30. The van der Waals surface area contributed by atoms with Crippen LogP contribution in [-0.2, 0) is 17.6 Å². The van der Waals surface area contributed by atoms with Crippen molar-refractivity contribution < 1.29 is 9.53 Å². The van der Waals surface area contributed by atoms with Crippen LogP contribution in [0.4, 0.5) is 0 Å². The highest BCUT2D eigenvalue weighted by atomic mass is 16.5. The Hall–Kier alpha value is -1.55. The van der Waals surface area contributed by atoms with Gasteiger partial charge in [0, 0.05) is 32.1 Å². The monoisotopic (exact) mass is 318 g/mol. The van der Waals surface area contributed by atoms with E-state index in [0.717, 1.165) is 51.2 Å². The van der Waals surface area contributed by atoms with Crippen LogP contribution < -0.4 is 10.1 Å². The first-order valence-electron chi connectivity index (χ1n) is 8.89. The normalized spacial score (nSPS) is 16.2. The Balaban J connectivity index is 1.96. The number of benzene rings is 1. The molecule has 0 aromatic heterocycles. The van der Waals surface area contributed by atoms with Crippen LogP contribution in [0.25, 0.3) is 0 Å². The number of rotatable bonds is 7. The van der Waals surface area contributed by atoms with E-state index in [1.54, 1.807) is 0 Å². The highest BCUT2D eigenvalue weighted by Crippen LogP contribution is 2.24. The Labute approximate surface area is 140 Å². The molecule has 1 unspecified atom stereocenters. The SMILES string of the molecule is CCOc1ccc(CC)cc1CCC(C)C(=O)N1CCNCC1. The molecule has 1 aromatic carbocycles. The minimum absolute atomic E-state index is 0.0628. The van der Waals surface area contributed by atoms with Crippen LogP contribution in [0, 0.1) is 5.92 Å². The first-order valence-corrected chi connectivity index (χ1v) is 8.89. The molecule has 1 fully saturated rings. The van der Waals surface area contributed by atoms with E-state index in [4.69, 9.17) is 4.74 Å². The first kappa shape index (κ1) is 17.8. The molecule has 1 aliphatic heterocycles. The highest BCUT2D eigenvalue weighted by molar-refractivity contribution is 5.78. The average Bonchev–Trinajstić information content (AvgIpc) is 2.60. The van der Waals surface area contributed by atoms with Gasteiger partial charge in [0.2, 0.25) is 5.91 Å². The van der Waals surface area contributed by atoms with E-state index >= 15 is 0 Å². The summed E-state index contributed by atoms with van der Waals surface area (Å²) in [7, 11) is 0. The lowest BCUT2D eigenvalue weighted by Crippen LogP contribution is -2.48. The van der Waals surface area contributed by atoms with Gasteiger partial charge in [-0.15, -0.1) is 0 Å². The van der Waals surface area contributed by atoms with Crippen molar-refractivity contribution in [3.63, 3.8) is 0 Å². The number of hydrogen-bond donors (Lipinski definition) is 1. The van der Waals surface area contributed by atoms with Crippen LogP contribution in [0.15, 0.2) is 18.2 Å². The fourth-order valence-corrected chi connectivity index (χ4v) is 3.04. The Bertz CT molecular complexity index is 510. The highest BCUT2D eigenvalue weighted by Gasteiger charge is 2.22. The Morgan fingerprint density at radius 2 is 2.04 bits per heavy atom. The molecule has 1 amide bonds. The van der Waals surface area contributed by atoms with E-state index in [1.165, 1.54) is 11.1 Å². The molecule has 1 heterocycles. The lowest BCUT2D eigenvalue weighted by molar-refractivity contribution is -0.135. The van der Waals surface area contributed by atoms with Gasteiger partial charge in [0.1, 0.15) is 5.75 Å². The third kappa shape index (κ3) is 4.96. The average molecular weight is 318 g/mol. The minimum Gasteiger partial charge on any atom is -0.494 e. The van der Waals surface area contributed by atoms with Gasteiger partial charge >= 0.3 is 0 Å². The zero-order valence-corrected chi connectivity index (χ0v) is 14.7. The van der Waals surface area contributed by atoms with Gasteiger partial charge in [-0.25, -0.2) is 0 Å². The van der Waals surface area contributed by atoms with Crippen molar-refractivity contribution in [2.75, 3.05) is 32.8 Å². The molecule has 23 heavy (non-hydrogen) atoms. The topological polar surface area (TPSA) is 41.6 Å². The van der Waals surface area contributed by atoms with Crippen LogP contribution >= 0.6 is 0 Å². The molecule has 0 saturated carbocycles. The number of aryl methyl sites for hydroxylation is 2. The van der Waals surface area contributed by atoms with E-state index in [9.17, 15) is 4.79 Å². The molecule has 0 aliphatic carbocycles. The van der Waals surface area contributed by atoms with Gasteiger partial charge in [-0.05, 0) is 43.4 Å². The molecule has 1 N–H and O–H groups in total. The summed E-state index contributed by atoms with van der Waals surface area (Å²) in [5.41, 5.74) is 2.55. The summed E-state index contributed by atoms with van der Waals surface area (Å²) < 4.78 is 5.74. The number of carbonyl (C=O) groups excluding carboxylic acids is 1. The summed E-state index contributed by atoms with van der Waals surface area (Å²) >= 11 is 0. The van der Waals surface area contributed by atoms with Crippen molar-refractivity contribution in [3.8, 4) is 5.75 Å². The van der Waals surface area contributed by atoms with Crippen molar-refractivity contribution in [2.45, 2.75) is 40.0 Å². The van der Waals surface area contributed by atoms with Crippen molar-refractivity contribution in [1.82, 2.24) is 10.2 Å². The molecular formula is C19H30N2O2. The maximum Gasteiger partial charge on any atom is 0.225 e. The summed E-state index contributed by atoms with van der Waals surface area (Å²) in [4.78, 5) is 14.5. The molecule has 1 saturated heterocycles. The predicted octanol–water partition coefficient (Wildman–Crippen LogP) is 2.65. The summed E-state index contributed by atoms with van der Waals surface area (Å²) in [6, 6.07) is 6.43. The third-order valence-electron chi connectivity index (χ3n) is 4.53. The molecule has 4 heteroatoms. The molecule has 0 spiro atoms. The van der Waals surface area contributed by atoms with E-state index < -0.39 is 0 Å². The standard InChI is InChI=1S/C19H30N2O2/c1-4-16-7-9-18(23-5-2)17(14-16)8-6-15(3)19(22)21-12-10-20-11-13-21/h7,9,14-15,20H,4-6,8,10-13H2,1-3H3. The van der Waals surface area contributed by atoms with Gasteiger partial charge in [0.05, 0.1) is 6.61 Å².